The molecule has 9 heteroatoms. The van der Waals surface area contributed by atoms with E-state index in [0.29, 0.717) is 36.6 Å². The zero-order valence-electron chi connectivity index (χ0n) is 21.9. The van der Waals surface area contributed by atoms with Gasteiger partial charge in [0.25, 0.3) is 5.92 Å². The number of fused-ring (bicyclic) bond motifs is 1. The highest BCUT2D eigenvalue weighted by Crippen LogP contribution is 2.50. The Morgan fingerprint density at radius 2 is 1.95 bits per heavy atom. The third kappa shape index (κ3) is 5.63. The summed E-state index contributed by atoms with van der Waals surface area (Å²) >= 11 is 0. The van der Waals surface area contributed by atoms with Crippen LogP contribution in [0, 0.1) is 12.8 Å². The van der Waals surface area contributed by atoms with Gasteiger partial charge >= 0.3 is 0 Å². The number of aryl methyl sites for hydroxylation is 1. The van der Waals surface area contributed by atoms with Gasteiger partial charge in [0.1, 0.15) is 5.75 Å². The van der Waals surface area contributed by atoms with Crippen LogP contribution in [0.4, 0.5) is 20.4 Å². The van der Waals surface area contributed by atoms with Gasteiger partial charge in [0, 0.05) is 60.3 Å². The summed E-state index contributed by atoms with van der Waals surface area (Å²) in [5, 5.41) is 12.1. The first-order valence-electron chi connectivity index (χ1n) is 13.6. The lowest BCUT2D eigenvalue weighted by atomic mass is 10.0. The lowest BCUT2D eigenvalue weighted by Crippen LogP contribution is -2.38. The SMILES string of the molecule is Cc1ccc2c(NCC[C@@H]3CC3(F)F)cccc2c1Oc1ncccc1-c1ccnc(NC2CCCNC2)n1. The molecule has 39 heavy (non-hydrogen) atoms. The van der Waals surface area contributed by atoms with Gasteiger partial charge in [-0.3, -0.25) is 0 Å². The minimum atomic E-state index is -2.49. The Hall–Kier alpha value is -3.85. The van der Waals surface area contributed by atoms with Gasteiger partial charge in [-0.1, -0.05) is 24.3 Å². The second-order valence-electron chi connectivity index (χ2n) is 10.4. The standard InChI is InChI=1S/C30H32F2N6O/c1-19-9-10-22-23(6-2-8-25(22)34-15-11-20-17-30(20,31)32)27(19)39-28-24(7-4-14-35-28)26-12-16-36-29(38-26)37-21-5-3-13-33-18-21/h2,4,6-10,12,14,16,20-21,33-34H,3,5,11,13,15,17-18H2,1H3,(H,36,37,38)/t20-,21?/m1/s1. The first kappa shape index (κ1) is 25.4. The van der Waals surface area contributed by atoms with Gasteiger partial charge < -0.3 is 20.7 Å². The van der Waals surface area contributed by atoms with Crippen LogP contribution in [0.5, 0.6) is 11.6 Å². The fourth-order valence-corrected chi connectivity index (χ4v) is 5.19. The van der Waals surface area contributed by atoms with E-state index in [0.717, 1.165) is 59.2 Å². The molecule has 3 heterocycles. The van der Waals surface area contributed by atoms with Crippen LogP contribution in [0.2, 0.25) is 0 Å². The van der Waals surface area contributed by atoms with Gasteiger partial charge in [-0.25, -0.2) is 23.7 Å². The molecule has 2 aromatic carbocycles. The highest BCUT2D eigenvalue weighted by atomic mass is 19.3. The van der Waals surface area contributed by atoms with Crippen LogP contribution in [0.15, 0.2) is 60.9 Å². The van der Waals surface area contributed by atoms with Gasteiger partial charge in [0.05, 0.1) is 11.3 Å². The second kappa shape index (κ2) is 10.7. The summed E-state index contributed by atoms with van der Waals surface area (Å²) < 4.78 is 33.1. The molecule has 1 aliphatic carbocycles. The summed E-state index contributed by atoms with van der Waals surface area (Å²) in [7, 11) is 0. The number of ether oxygens (including phenoxy) is 1. The molecule has 0 radical (unpaired) electrons. The van der Waals surface area contributed by atoms with Gasteiger partial charge in [-0.2, -0.15) is 0 Å². The smallest absolute Gasteiger partial charge is 0.251 e. The molecule has 0 amide bonds. The molecule has 0 spiro atoms. The number of piperidine rings is 1. The predicted molar refractivity (Wildman–Crippen MR) is 150 cm³/mol. The highest BCUT2D eigenvalue weighted by Gasteiger charge is 2.55. The predicted octanol–water partition coefficient (Wildman–Crippen LogP) is 6.41. The van der Waals surface area contributed by atoms with Crippen molar-refractivity contribution in [1.29, 1.82) is 0 Å². The summed E-state index contributed by atoms with van der Waals surface area (Å²) in [5.74, 6) is -1.28. The Bertz CT molecular complexity index is 1470. The van der Waals surface area contributed by atoms with Gasteiger partial charge in [0.15, 0.2) is 0 Å². The molecule has 7 nitrogen and oxygen atoms in total. The van der Waals surface area contributed by atoms with Gasteiger partial charge in [-0.15, -0.1) is 0 Å². The summed E-state index contributed by atoms with van der Waals surface area (Å²) in [6, 6.07) is 15.9. The summed E-state index contributed by atoms with van der Waals surface area (Å²) in [6.07, 6.45) is 6.09. The molecule has 0 bridgehead atoms. The maximum absolute atomic E-state index is 13.3. The van der Waals surface area contributed by atoms with E-state index in [9.17, 15) is 8.78 Å². The van der Waals surface area contributed by atoms with E-state index in [1.165, 1.54) is 0 Å². The first-order chi connectivity index (χ1) is 19.0. The van der Waals surface area contributed by atoms with E-state index in [-0.39, 0.29) is 6.42 Å². The number of pyridine rings is 1. The summed E-state index contributed by atoms with van der Waals surface area (Å²) in [5.41, 5.74) is 3.34. The number of benzene rings is 2. The number of anilines is 2. The second-order valence-corrected chi connectivity index (χ2v) is 10.4. The van der Waals surface area contributed by atoms with Crippen LogP contribution in [0.1, 0.15) is 31.2 Å². The van der Waals surface area contributed by atoms with Crippen molar-refractivity contribution in [2.75, 3.05) is 30.3 Å². The Balaban J connectivity index is 1.26. The van der Waals surface area contributed by atoms with Crippen molar-refractivity contribution < 1.29 is 13.5 Å². The third-order valence-electron chi connectivity index (χ3n) is 7.50. The van der Waals surface area contributed by atoms with Crippen LogP contribution in [-0.4, -0.2) is 46.6 Å². The first-order valence-corrected chi connectivity index (χ1v) is 13.6. The van der Waals surface area contributed by atoms with Crippen molar-refractivity contribution in [2.45, 2.75) is 44.6 Å². The van der Waals surface area contributed by atoms with E-state index in [1.54, 1.807) is 12.4 Å². The minimum absolute atomic E-state index is 0.00448. The van der Waals surface area contributed by atoms with Gasteiger partial charge in [-0.05, 0) is 62.6 Å². The van der Waals surface area contributed by atoms with Crippen molar-refractivity contribution in [3.8, 4) is 22.9 Å². The average molecular weight is 531 g/mol. The number of hydrogen-bond donors (Lipinski definition) is 3. The molecular formula is C30H32F2N6O. The summed E-state index contributed by atoms with van der Waals surface area (Å²) in [6.45, 7) is 4.42. The molecule has 202 valence electrons. The normalized spacial score (nSPS) is 20.0. The van der Waals surface area contributed by atoms with Gasteiger partial charge in [0.2, 0.25) is 11.8 Å². The molecule has 4 aromatic rings. The van der Waals surface area contributed by atoms with Crippen LogP contribution in [0.3, 0.4) is 0 Å². The highest BCUT2D eigenvalue weighted by molar-refractivity contribution is 5.98. The largest absolute Gasteiger partial charge is 0.437 e. The van der Waals surface area contributed by atoms with Crippen LogP contribution in [0.25, 0.3) is 22.0 Å². The van der Waals surface area contributed by atoms with E-state index in [2.05, 4.69) is 25.9 Å². The van der Waals surface area contributed by atoms with Crippen LogP contribution in [-0.2, 0) is 0 Å². The Labute approximate surface area is 226 Å². The lowest BCUT2D eigenvalue weighted by Gasteiger charge is -2.23. The molecule has 1 unspecified atom stereocenters. The molecule has 2 fully saturated rings. The fraction of sp³-hybridized carbons (Fsp3) is 0.367. The zero-order valence-corrected chi connectivity index (χ0v) is 21.9. The molecule has 2 atom stereocenters. The Morgan fingerprint density at radius 3 is 2.77 bits per heavy atom. The molecule has 3 N–H and O–H groups in total. The number of rotatable bonds is 9. The van der Waals surface area contributed by atoms with E-state index in [4.69, 9.17) is 9.72 Å². The monoisotopic (exact) mass is 530 g/mol. The van der Waals surface area contributed by atoms with Crippen molar-refractivity contribution in [1.82, 2.24) is 20.3 Å². The number of hydrogen-bond acceptors (Lipinski definition) is 7. The molecule has 1 saturated heterocycles. The lowest BCUT2D eigenvalue weighted by molar-refractivity contribution is 0.0978. The number of nitrogens with one attached hydrogen (secondary N) is 3. The topological polar surface area (TPSA) is 84.0 Å². The quantitative estimate of drug-likeness (QED) is 0.231. The third-order valence-corrected chi connectivity index (χ3v) is 7.50. The molecule has 1 aliphatic heterocycles. The maximum atomic E-state index is 13.3. The van der Waals surface area contributed by atoms with E-state index < -0.39 is 11.8 Å². The van der Waals surface area contributed by atoms with Crippen molar-refractivity contribution >= 4 is 22.4 Å². The van der Waals surface area contributed by atoms with E-state index in [1.807, 2.05) is 55.5 Å². The van der Waals surface area contributed by atoms with Crippen molar-refractivity contribution in [2.24, 2.45) is 5.92 Å². The van der Waals surface area contributed by atoms with E-state index >= 15 is 0 Å². The molecular weight excluding hydrogens is 498 g/mol. The zero-order chi connectivity index (χ0) is 26.8. The molecule has 2 aliphatic rings. The van der Waals surface area contributed by atoms with Crippen LogP contribution >= 0.6 is 0 Å². The Morgan fingerprint density at radius 1 is 1.05 bits per heavy atom. The molecule has 6 rings (SSSR count). The van der Waals surface area contributed by atoms with Crippen LogP contribution < -0.4 is 20.7 Å². The number of aromatic nitrogens is 3. The van der Waals surface area contributed by atoms with Crippen molar-refractivity contribution in [3.63, 3.8) is 0 Å². The molecule has 2 aromatic heterocycles. The number of alkyl halides is 2. The number of halogens is 2. The van der Waals surface area contributed by atoms with Crippen molar-refractivity contribution in [3.05, 3.63) is 66.5 Å². The Kier molecular flexibility index (Phi) is 6.99. The maximum Gasteiger partial charge on any atom is 0.251 e. The molecule has 1 saturated carbocycles. The fourth-order valence-electron chi connectivity index (χ4n) is 5.19. The average Bonchev–Trinajstić information content (AvgIpc) is 3.57. The summed E-state index contributed by atoms with van der Waals surface area (Å²) in [4.78, 5) is 13.7. The minimum Gasteiger partial charge on any atom is -0.437 e. The number of nitrogens with zero attached hydrogens (tertiary/aromatic N) is 3.